The van der Waals surface area contributed by atoms with Gasteiger partial charge in [-0.1, -0.05) is 99.3 Å². The van der Waals surface area contributed by atoms with Crippen LogP contribution in [-0.2, 0) is 14.2 Å². The maximum absolute atomic E-state index is 13.2. The Morgan fingerprint density at radius 2 is 1.02 bits per heavy atom. The first-order valence-corrected chi connectivity index (χ1v) is 15.8. The Hall–Kier alpha value is -2.77. The van der Waals surface area contributed by atoms with Gasteiger partial charge < -0.3 is 25.1 Å². The average Bonchev–Trinajstić information content (AvgIpc) is 2.97. The summed E-state index contributed by atoms with van der Waals surface area (Å²) in [6.45, 7) is 12.9. The number of aromatic hydroxyl groups is 1. The van der Waals surface area contributed by atoms with Crippen molar-refractivity contribution in [2.24, 2.45) is 17.8 Å². The van der Waals surface area contributed by atoms with E-state index in [4.69, 9.17) is 19.9 Å². The van der Waals surface area contributed by atoms with Gasteiger partial charge in [0.05, 0.1) is 31.1 Å². The summed E-state index contributed by atoms with van der Waals surface area (Å²) < 4.78 is 16.7. The average molecular weight is 578 g/mol. The molecule has 0 amide bonds. The van der Waals surface area contributed by atoms with Crippen LogP contribution in [-0.4, -0.2) is 42.8 Å². The van der Waals surface area contributed by atoms with Gasteiger partial charge in [0.15, 0.2) is 0 Å². The van der Waals surface area contributed by atoms with E-state index < -0.39 is 29.2 Å². The molecule has 0 aliphatic carbocycles. The van der Waals surface area contributed by atoms with Gasteiger partial charge in [0.25, 0.3) is 0 Å². The van der Waals surface area contributed by atoms with E-state index in [0.717, 1.165) is 77.0 Å². The molecule has 0 spiro atoms. The molecule has 0 aliphatic rings. The molecular formula is C33H55NO7. The zero-order valence-corrected chi connectivity index (χ0v) is 26.4. The number of nitrogen functional groups attached to an aromatic ring is 1. The van der Waals surface area contributed by atoms with Gasteiger partial charge in [-0.3, -0.25) is 0 Å². The standard InChI is InChI=1S/C33H55NO7/c1-7-13-16-23(10-4)20-39-31(36)26-19-27(32(37)40-21-24(11-5)17-14-8-2)30(35)28(29(26)34)33(38)41-22-25(12-6)18-15-9-3/h19,23-25,35H,7-18,20-22,34H2,1-6H3. The largest absolute Gasteiger partial charge is 0.506 e. The number of unbranched alkanes of at least 4 members (excludes halogenated alkanes) is 3. The van der Waals surface area contributed by atoms with Gasteiger partial charge in [0.1, 0.15) is 16.9 Å². The van der Waals surface area contributed by atoms with Crippen molar-refractivity contribution in [2.45, 2.75) is 119 Å². The number of phenols is 1. The van der Waals surface area contributed by atoms with Gasteiger partial charge in [-0.2, -0.15) is 0 Å². The number of hydrogen-bond donors (Lipinski definition) is 2. The number of carbonyl (C=O) groups is 3. The number of carbonyl (C=O) groups excluding carboxylic acids is 3. The van der Waals surface area contributed by atoms with Crippen molar-refractivity contribution in [3.05, 3.63) is 22.8 Å². The molecule has 0 fully saturated rings. The molecular weight excluding hydrogens is 522 g/mol. The Labute approximate surface area is 247 Å². The van der Waals surface area contributed by atoms with Gasteiger partial charge in [0, 0.05) is 0 Å². The van der Waals surface area contributed by atoms with E-state index in [9.17, 15) is 19.5 Å². The number of hydrogen-bond acceptors (Lipinski definition) is 8. The van der Waals surface area contributed by atoms with Crippen molar-refractivity contribution in [1.29, 1.82) is 0 Å². The molecule has 0 bridgehead atoms. The first-order chi connectivity index (χ1) is 19.7. The van der Waals surface area contributed by atoms with Gasteiger partial charge in [0.2, 0.25) is 0 Å². The van der Waals surface area contributed by atoms with E-state index in [1.54, 1.807) is 0 Å². The summed E-state index contributed by atoms with van der Waals surface area (Å²) in [6, 6.07) is 1.17. The van der Waals surface area contributed by atoms with Crippen LogP contribution < -0.4 is 5.73 Å². The van der Waals surface area contributed by atoms with Gasteiger partial charge >= 0.3 is 17.9 Å². The highest BCUT2D eigenvalue weighted by molar-refractivity contribution is 6.10. The number of phenolic OH excluding ortho intramolecular Hbond substituents is 1. The Bertz CT molecular complexity index is 890. The lowest BCUT2D eigenvalue weighted by molar-refractivity contribution is 0.0420. The van der Waals surface area contributed by atoms with Crippen molar-refractivity contribution in [1.82, 2.24) is 0 Å². The van der Waals surface area contributed by atoms with Crippen LogP contribution in [0.4, 0.5) is 5.69 Å². The summed E-state index contributed by atoms with van der Waals surface area (Å²) in [7, 11) is 0. The van der Waals surface area contributed by atoms with E-state index in [1.165, 1.54) is 6.07 Å². The molecule has 8 heteroatoms. The molecule has 3 unspecified atom stereocenters. The van der Waals surface area contributed by atoms with Crippen LogP contribution in [0.5, 0.6) is 5.75 Å². The predicted octanol–water partition coefficient (Wildman–Crippen LogP) is 8.09. The number of anilines is 1. The van der Waals surface area contributed by atoms with Crippen molar-refractivity contribution in [2.75, 3.05) is 25.6 Å². The Kier molecular flexibility index (Phi) is 17.8. The molecule has 41 heavy (non-hydrogen) atoms. The van der Waals surface area contributed by atoms with Crippen LogP contribution in [0.15, 0.2) is 6.07 Å². The van der Waals surface area contributed by atoms with Crippen LogP contribution in [0.25, 0.3) is 0 Å². The van der Waals surface area contributed by atoms with E-state index in [0.29, 0.717) is 0 Å². The lowest BCUT2D eigenvalue weighted by Crippen LogP contribution is -2.21. The summed E-state index contributed by atoms with van der Waals surface area (Å²) in [5.74, 6) is -2.60. The first-order valence-electron chi connectivity index (χ1n) is 15.8. The maximum atomic E-state index is 13.2. The molecule has 0 aromatic heterocycles. The van der Waals surface area contributed by atoms with Crippen LogP contribution in [0.3, 0.4) is 0 Å². The molecule has 0 saturated carbocycles. The van der Waals surface area contributed by atoms with Crippen molar-refractivity contribution >= 4 is 23.6 Å². The topological polar surface area (TPSA) is 125 Å². The minimum atomic E-state index is -0.887. The smallest absolute Gasteiger partial charge is 0.344 e. The molecule has 0 radical (unpaired) electrons. The molecule has 8 nitrogen and oxygen atoms in total. The quantitative estimate of drug-likeness (QED) is 0.0853. The van der Waals surface area contributed by atoms with E-state index in [1.807, 2.05) is 20.8 Å². The van der Waals surface area contributed by atoms with Crippen LogP contribution in [0, 0.1) is 17.8 Å². The third-order valence-corrected chi connectivity index (χ3v) is 7.96. The Morgan fingerprint density at radius 1 is 0.659 bits per heavy atom. The number of ether oxygens (including phenoxy) is 3. The minimum absolute atomic E-state index is 0.147. The third-order valence-electron chi connectivity index (χ3n) is 7.96. The maximum Gasteiger partial charge on any atom is 0.344 e. The fraction of sp³-hybridized carbons (Fsp3) is 0.727. The number of benzene rings is 1. The zero-order chi connectivity index (χ0) is 30.8. The lowest BCUT2D eigenvalue weighted by atomic mass is 9.99. The van der Waals surface area contributed by atoms with Crippen molar-refractivity contribution < 1.29 is 33.7 Å². The van der Waals surface area contributed by atoms with E-state index in [2.05, 4.69) is 20.8 Å². The second-order valence-electron chi connectivity index (χ2n) is 11.2. The van der Waals surface area contributed by atoms with Crippen molar-refractivity contribution in [3.63, 3.8) is 0 Å². The minimum Gasteiger partial charge on any atom is -0.506 e. The first kappa shape index (κ1) is 36.3. The third kappa shape index (κ3) is 11.9. The number of nitrogens with two attached hydrogens (primary N) is 1. The summed E-state index contributed by atoms with van der Waals surface area (Å²) in [5, 5.41) is 11.1. The summed E-state index contributed by atoms with van der Waals surface area (Å²) >= 11 is 0. The highest BCUT2D eigenvalue weighted by Gasteiger charge is 2.30. The van der Waals surface area contributed by atoms with Crippen LogP contribution in [0.1, 0.15) is 150 Å². The highest BCUT2D eigenvalue weighted by Crippen LogP contribution is 2.34. The molecule has 1 rings (SSSR count). The van der Waals surface area contributed by atoms with Crippen LogP contribution in [0.2, 0.25) is 0 Å². The molecule has 0 saturated heterocycles. The summed E-state index contributed by atoms with van der Waals surface area (Å²) in [4.78, 5) is 39.6. The molecule has 1 aromatic rings. The lowest BCUT2D eigenvalue weighted by Gasteiger charge is -2.19. The molecule has 234 valence electrons. The second-order valence-corrected chi connectivity index (χ2v) is 11.2. The molecule has 3 N–H and O–H groups in total. The molecule has 3 atom stereocenters. The Morgan fingerprint density at radius 3 is 1.39 bits per heavy atom. The fourth-order valence-electron chi connectivity index (χ4n) is 4.72. The Balaban J connectivity index is 3.33. The normalized spacial score (nSPS) is 13.3. The van der Waals surface area contributed by atoms with Gasteiger partial charge in [-0.15, -0.1) is 0 Å². The van der Waals surface area contributed by atoms with Gasteiger partial charge in [-0.05, 0) is 43.1 Å². The van der Waals surface area contributed by atoms with Crippen LogP contribution >= 0.6 is 0 Å². The van der Waals surface area contributed by atoms with Gasteiger partial charge in [-0.25, -0.2) is 14.4 Å². The predicted molar refractivity (Wildman–Crippen MR) is 163 cm³/mol. The fourth-order valence-corrected chi connectivity index (χ4v) is 4.72. The number of esters is 3. The molecule has 1 aromatic carbocycles. The molecule has 0 aliphatic heterocycles. The molecule has 0 heterocycles. The summed E-state index contributed by atoms with van der Waals surface area (Å²) in [5.41, 5.74) is 5.13. The van der Waals surface area contributed by atoms with E-state index >= 15 is 0 Å². The highest BCUT2D eigenvalue weighted by atomic mass is 16.5. The number of rotatable bonds is 21. The van der Waals surface area contributed by atoms with Crippen molar-refractivity contribution in [3.8, 4) is 5.75 Å². The van der Waals surface area contributed by atoms with E-state index in [-0.39, 0.29) is 54.4 Å². The monoisotopic (exact) mass is 577 g/mol. The summed E-state index contributed by atoms with van der Waals surface area (Å²) in [6.07, 6.45) is 11.4. The SMILES string of the molecule is CCCCC(CC)COC(=O)c1cc(C(=O)OCC(CC)CCCC)c(O)c(C(=O)OCC(CC)CCCC)c1N. The zero-order valence-electron chi connectivity index (χ0n) is 26.4. The second kappa shape index (κ2) is 20.2.